The summed E-state index contributed by atoms with van der Waals surface area (Å²) in [4.78, 5) is 2.32. The minimum atomic E-state index is -0.556. The third-order valence-electron chi connectivity index (χ3n) is 2.99. The number of piperidine rings is 1. The van der Waals surface area contributed by atoms with Crippen LogP contribution < -0.4 is 5.32 Å². The lowest BCUT2D eigenvalue weighted by atomic mass is 10.1. The van der Waals surface area contributed by atoms with Crippen molar-refractivity contribution in [1.29, 1.82) is 0 Å². The summed E-state index contributed by atoms with van der Waals surface area (Å²) in [6.07, 6.45) is 2.60. The van der Waals surface area contributed by atoms with Gasteiger partial charge in [0.05, 0.1) is 0 Å². The SMILES string of the molecule is FC1CCN(C2CCNCC2)C1. The second kappa shape index (κ2) is 3.71. The Morgan fingerprint density at radius 3 is 2.50 bits per heavy atom. The molecule has 0 spiro atoms. The van der Waals surface area contributed by atoms with E-state index in [9.17, 15) is 4.39 Å². The van der Waals surface area contributed by atoms with E-state index < -0.39 is 6.17 Å². The van der Waals surface area contributed by atoms with Crippen LogP contribution in [0, 0.1) is 0 Å². The van der Waals surface area contributed by atoms with Gasteiger partial charge in [0, 0.05) is 19.1 Å². The van der Waals surface area contributed by atoms with Gasteiger partial charge in [0.15, 0.2) is 0 Å². The van der Waals surface area contributed by atoms with E-state index in [0.29, 0.717) is 12.6 Å². The summed E-state index contributed by atoms with van der Waals surface area (Å²) in [5, 5.41) is 3.33. The van der Waals surface area contributed by atoms with Crippen molar-refractivity contribution in [1.82, 2.24) is 10.2 Å². The highest BCUT2D eigenvalue weighted by Crippen LogP contribution is 2.19. The normalized spacial score (nSPS) is 34.2. The lowest BCUT2D eigenvalue weighted by Crippen LogP contribution is -2.42. The second-order valence-electron chi connectivity index (χ2n) is 3.86. The molecule has 12 heavy (non-hydrogen) atoms. The molecule has 2 nitrogen and oxygen atoms in total. The maximum absolute atomic E-state index is 12.9. The van der Waals surface area contributed by atoms with Crippen LogP contribution in [-0.4, -0.2) is 43.3 Å². The molecule has 0 radical (unpaired) electrons. The molecular weight excluding hydrogens is 155 g/mol. The average molecular weight is 172 g/mol. The molecule has 0 aromatic carbocycles. The van der Waals surface area contributed by atoms with E-state index in [-0.39, 0.29) is 0 Å². The Labute approximate surface area is 73.1 Å². The summed E-state index contributed by atoms with van der Waals surface area (Å²) in [5.74, 6) is 0. The van der Waals surface area contributed by atoms with Crippen LogP contribution in [0.4, 0.5) is 4.39 Å². The monoisotopic (exact) mass is 172 g/mol. The Morgan fingerprint density at radius 2 is 1.92 bits per heavy atom. The number of halogens is 1. The van der Waals surface area contributed by atoms with E-state index in [1.165, 1.54) is 12.8 Å². The summed E-state index contributed by atoms with van der Waals surface area (Å²) in [7, 11) is 0. The largest absolute Gasteiger partial charge is 0.317 e. The smallest absolute Gasteiger partial charge is 0.114 e. The van der Waals surface area contributed by atoms with Crippen molar-refractivity contribution < 1.29 is 4.39 Å². The van der Waals surface area contributed by atoms with Gasteiger partial charge in [-0.15, -0.1) is 0 Å². The predicted molar refractivity (Wildman–Crippen MR) is 47.0 cm³/mol. The molecule has 70 valence electrons. The van der Waals surface area contributed by atoms with Crippen LogP contribution in [-0.2, 0) is 0 Å². The van der Waals surface area contributed by atoms with Crippen LogP contribution in [0.1, 0.15) is 19.3 Å². The van der Waals surface area contributed by atoms with Crippen molar-refractivity contribution in [3.05, 3.63) is 0 Å². The minimum absolute atomic E-state index is 0.556. The number of rotatable bonds is 1. The Morgan fingerprint density at radius 1 is 1.17 bits per heavy atom. The fraction of sp³-hybridized carbons (Fsp3) is 1.00. The molecular formula is C9H17FN2. The van der Waals surface area contributed by atoms with Crippen molar-refractivity contribution in [3.63, 3.8) is 0 Å². The number of hydrogen-bond acceptors (Lipinski definition) is 2. The number of likely N-dealkylation sites (tertiary alicyclic amines) is 1. The fourth-order valence-electron chi connectivity index (χ4n) is 2.25. The van der Waals surface area contributed by atoms with Crippen molar-refractivity contribution >= 4 is 0 Å². The van der Waals surface area contributed by atoms with Gasteiger partial charge < -0.3 is 5.32 Å². The molecule has 0 aromatic rings. The van der Waals surface area contributed by atoms with Gasteiger partial charge in [-0.05, 0) is 32.4 Å². The summed E-state index contributed by atoms with van der Waals surface area (Å²) >= 11 is 0. The minimum Gasteiger partial charge on any atom is -0.317 e. The van der Waals surface area contributed by atoms with Crippen LogP contribution in [0.25, 0.3) is 0 Å². The van der Waals surface area contributed by atoms with E-state index in [0.717, 1.165) is 26.1 Å². The van der Waals surface area contributed by atoms with Gasteiger partial charge in [0.25, 0.3) is 0 Å². The number of nitrogens with zero attached hydrogens (tertiary/aromatic N) is 1. The molecule has 1 N–H and O–H groups in total. The molecule has 2 fully saturated rings. The van der Waals surface area contributed by atoms with Crippen molar-refractivity contribution in [2.24, 2.45) is 0 Å². The Bertz CT molecular complexity index is 143. The molecule has 2 aliphatic heterocycles. The molecule has 3 heteroatoms. The van der Waals surface area contributed by atoms with Crippen LogP contribution in [0.15, 0.2) is 0 Å². The molecule has 2 heterocycles. The van der Waals surface area contributed by atoms with Crippen molar-refractivity contribution in [3.8, 4) is 0 Å². The first-order valence-corrected chi connectivity index (χ1v) is 4.95. The van der Waals surface area contributed by atoms with Gasteiger partial charge in [-0.3, -0.25) is 4.90 Å². The van der Waals surface area contributed by atoms with Gasteiger partial charge in [-0.1, -0.05) is 0 Å². The average Bonchev–Trinajstić information content (AvgIpc) is 2.54. The quantitative estimate of drug-likeness (QED) is 0.629. The zero-order valence-electron chi connectivity index (χ0n) is 7.43. The summed E-state index contributed by atoms with van der Waals surface area (Å²) in [5.41, 5.74) is 0. The van der Waals surface area contributed by atoms with Gasteiger partial charge >= 0.3 is 0 Å². The zero-order chi connectivity index (χ0) is 8.39. The van der Waals surface area contributed by atoms with Gasteiger partial charge in [0.2, 0.25) is 0 Å². The highest BCUT2D eigenvalue weighted by molar-refractivity contribution is 4.84. The van der Waals surface area contributed by atoms with Crippen molar-refractivity contribution in [2.45, 2.75) is 31.5 Å². The molecule has 1 unspecified atom stereocenters. The molecule has 0 amide bonds. The second-order valence-corrected chi connectivity index (χ2v) is 3.86. The summed E-state index contributed by atoms with van der Waals surface area (Å²) in [6.45, 7) is 3.88. The molecule has 0 saturated carbocycles. The Balaban J connectivity index is 1.83. The van der Waals surface area contributed by atoms with Gasteiger partial charge in [0.1, 0.15) is 6.17 Å². The first kappa shape index (κ1) is 8.45. The predicted octanol–water partition coefficient (Wildman–Crippen LogP) is 0.782. The maximum Gasteiger partial charge on any atom is 0.114 e. The lowest BCUT2D eigenvalue weighted by Gasteiger charge is -2.30. The molecule has 0 aromatic heterocycles. The van der Waals surface area contributed by atoms with Gasteiger partial charge in [-0.25, -0.2) is 4.39 Å². The molecule has 2 saturated heterocycles. The summed E-state index contributed by atoms with van der Waals surface area (Å²) in [6, 6.07) is 0.659. The lowest BCUT2D eigenvalue weighted by molar-refractivity contribution is 0.184. The van der Waals surface area contributed by atoms with Crippen LogP contribution in [0.3, 0.4) is 0 Å². The zero-order valence-corrected chi connectivity index (χ0v) is 7.43. The Kier molecular flexibility index (Phi) is 2.61. The highest BCUT2D eigenvalue weighted by atomic mass is 19.1. The van der Waals surface area contributed by atoms with Gasteiger partial charge in [-0.2, -0.15) is 0 Å². The summed E-state index contributed by atoms with van der Waals surface area (Å²) < 4.78 is 12.9. The number of alkyl halides is 1. The molecule has 0 bridgehead atoms. The van der Waals surface area contributed by atoms with E-state index in [2.05, 4.69) is 10.2 Å². The maximum atomic E-state index is 12.9. The highest BCUT2D eigenvalue weighted by Gasteiger charge is 2.28. The third kappa shape index (κ3) is 1.77. The number of hydrogen-bond donors (Lipinski definition) is 1. The van der Waals surface area contributed by atoms with E-state index in [4.69, 9.17) is 0 Å². The molecule has 0 aliphatic carbocycles. The van der Waals surface area contributed by atoms with E-state index >= 15 is 0 Å². The van der Waals surface area contributed by atoms with Crippen molar-refractivity contribution in [2.75, 3.05) is 26.2 Å². The molecule has 1 atom stereocenters. The van der Waals surface area contributed by atoms with Crippen LogP contribution >= 0.6 is 0 Å². The van der Waals surface area contributed by atoms with Crippen LogP contribution in [0.2, 0.25) is 0 Å². The fourth-order valence-corrected chi connectivity index (χ4v) is 2.25. The van der Waals surface area contributed by atoms with E-state index in [1.807, 2.05) is 0 Å². The third-order valence-corrected chi connectivity index (χ3v) is 2.99. The molecule has 2 aliphatic rings. The topological polar surface area (TPSA) is 15.3 Å². The standard InChI is InChI=1S/C9H17FN2/c10-8-3-6-12(7-8)9-1-4-11-5-2-9/h8-9,11H,1-7H2. The molecule has 2 rings (SSSR count). The van der Waals surface area contributed by atoms with E-state index in [1.54, 1.807) is 0 Å². The Hall–Kier alpha value is -0.150. The first-order chi connectivity index (χ1) is 5.86. The first-order valence-electron chi connectivity index (χ1n) is 4.95. The number of nitrogens with one attached hydrogen (secondary N) is 1. The van der Waals surface area contributed by atoms with Crippen LogP contribution in [0.5, 0.6) is 0 Å².